The molecule has 0 unspecified atom stereocenters. The molecule has 2 aromatic carbocycles. The third-order valence-corrected chi connectivity index (χ3v) is 4.36. The number of nitrogens with one attached hydrogen (secondary N) is 1. The molecule has 0 heterocycles. The van der Waals surface area contributed by atoms with E-state index in [-0.39, 0.29) is 21.8 Å². The monoisotopic (exact) mass is 312 g/mol. The van der Waals surface area contributed by atoms with E-state index in [1.165, 1.54) is 25.1 Å². The van der Waals surface area contributed by atoms with Crippen LogP contribution in [-0.2, 0) is 10.0 Å². The Labute approximate surface area is 121 Å². The molecular formula is C14H14F2N2O2S. The second-order valence-corrected chi connectivity index (χ2v) is 6.39. The van der Waals surface area contributed by atoms with Crippen molar-refractivity contribution in [1.82, 2.24) is 0 Å². The van der Waals surface area contributed by atoms with Crippen LogP contribution in [-0.4, -0.2) is 8.42 Å². The Balaban J connectivity index is 2.46. The Morgan fingerprint density at radius 1 is 1.05 bits per heavy atom. The summed E-state index contributed by atoms with van der Waals surface area (Å²) >= 11 is 0. The van der Waals surface area contributed by atoms with Crippen molar-refractivity contribution in [2.75, 3.05) is 10.5 Å². The van der Waals surface area contributed by atoms with Crippen LogP contribution in [0, 0.1) is 25.5 Å². The zero-order chi connectivity index (χ0) is 15.8. The van der Waals surface area contributed by atoms with Crippen LogP contribution in [0.25, 0.3) is 0 Å². The van der Waals surface area contributed by atoms with Crippen LogP contribution in [0.4, 0.5) is 20.2 Å². The summed E-state index contributed by atoms with van der Waals surface area (Å²) in [7, 11) is -3.98. The van der Waals surface area contributed by atoms with E-state index in [0.717, 1.165) is 12.1 Å². The van der Waals surface area contributed by atoms with Crippen molar-refractivity contribution in [3.05, 3.63) is 53.1 Å². The first-order valence-corrected chi connectivity index (χ1v) is 7.53. The first kappa shape index (κ1) is 15.2. The summed E-state index contributed by atoms with van der Waals surface area (Å²) in [5, 5.41) is 0. The number of sulfonamides is 1. The third kappa shape index (κ3) is 3.13. The van der Waals surface area contributed by atoms with E-state index in [1.807, 2.05) is 0 Å². The zero-order valence-corrected chi connectivity index (χ0v) is 12.3. The normalized spacial score (nSPS) is 11.4. The molecule has 0 saturated heterocycles. The maximum Gasteiger partial charge on any atom is 0.261 e. The summed E-state index contributed by atoms with van der Waals surface area (Å²) in [6.07, 6.45) is 0. The number of rotatable bonds is 3. The summed E-state index contributed by atoms with van der Waals surface area (Å²) < 4.78 is 53.5. The molecular weight excluding hydrogens is 298 g/mol. The van der Waals surface area contributed by atoms with Crippen LogP contribution in [0.2, 0.25) is 0 Å². The van der Waals surface area contributed by atoms with E-state index in [2.05, 4.69) is 4.72 Å². The molecule has 0 radical (unpaired) electrons. The van der Waals surface area contributed by atoms with Crippen molar-refractivity contribution in [1.29, 1.82) is 0 Å². The van der Waals surface area contributed by atoms with Gasteiger partial charge in [0.2, 0.25) is 0 Å². The van der Waals surface area contributed by atoms with Crippen molar-refractivity contribution in [3.8, 4) is 0 Å². The maximum atomic E-state index is 13.5. The highest BCUT2D eigenvalue weighted by atomic mass is 32.2. The Morgan fingerprint density at radius 2 is 1.71 bits per heavy atom. The number of nitrogens with two attached hydrogens (primary N) is 1. The highest BCUT2D eigenvalue weighted by molar-refractivity contribution is 7.92. The minimum atomic E-state index is -3.98. The van der Waals surface area contributed by atoms with Crippen molar-refractivity contribution >= 4 is 21.4 Å². The molecule has 2 rings (SSSR count). The highest BCUT2D eigenvalue weighted by Gasteiger charge is 2.18. The summed E-state index contributed by atoms with van der Waals surface area (Å²) in [5.41, 5.74) is 5.98. The largest absolute Gasteiger partial charge is 0.396 e. The van der Waals surface area contributed by atoms with Gasteiger partial charge in [0.15, 0.2) is 0 Å². The van der Waals surface area contributed by atoms with Crippen LogP contribution in [0.1, 0.15) is 11.1 Å². The lowest BCUT2D eigenvalue weighted by molar-refractivity contribution is 0.599. The number of anilines is 2. The average molecular weight is 312 g/mol. The fourth-order valence-corrected chi connectivity index (χ4v) is 3.07. The van der Waals surface area contributed by atoms with Crippen LogP contribution in [0.15, 0.2) is 35.2 Å². The predicted molar refractivity (Wildman–Crippen MR) is 77.5 cm³/mol. The van der Waals surface area contributed by atoms with E-state index in [4.69, 9.17) is 5.73 Å². The molecule has 2 aromatic rings. The van der Waals surface area contributed by atoms with Gasteiger partial charge in [0.25, 0.3) is 10.0 Å². The number of hydrogen-bond donors (Lipinski definition) is 2. The van der Waals surface area contributed by atoms with Gasteiger partial charge >= 0.3 is 0 Å². The van der Waals surface area contributed by atoms with Gasteiger partial charge in [-0.15, -0.1) is 0 Å². The number of halogens is 2. The quantitative estimate of drug-likeness (QED) is 0.856. The molecule has 0 aliphatic rings. The molecule has 0 spiro atoms. The Kier molecular flexibility index (Phi) is 3.87. The number of benzene rings is 2. The fraction of sp³-hybridized carbons (Fsp3) is 0.143. The lowest BCUT2D eigenvalue weighted by Crippen LogP contribution is -2.15. The SMILES string of the molecule is Cc1ccc(F)cc1NS(=O)(=O)c1cc(C)c(F)c(N)c1. The minimum absolute atomic E-state index is 0.117. The van der Waals surface area contributed by atoms with Gasteiger partial charge in [0.05, 0.1) is 16.3 Å². The van der Waals surface area contributed by atoms with E-state index < -0.39 is 21.7 Å². The van der Waals surface area contributed by atoms with E-state index in [0.29, 0.717) is 5.56 Å². The van der Waals surface area contributed by atoms with Gasteiger partial charge in [0, 0.05) is 0 Å². The third-order valence-electron chi connectivity index (χ3n) is 3.01. The van der Waals surface area contributed by atoms with Crippen molar-refractivity contribution in [2.45, 2.75) is 18.7 Å². The molecule has 0 aliphatic heterocycles. The predicted octanol–water partition coefficient (Wildman–Crippen LogP) is 2.96. The van der Waals surface area contributed by atoms with E-state index in [1.54, 1.807) is 6.92 Å². The van der Waals surface area contributed by atoms with E-state index in [9.17, 15) is 17.2 Å². The van der Waals surface area contributed by atoms with Gasteiger partial charge in [-0.3, -0.25) is 4.72 Å². The second kappa shape index (κ2) is 5.33. The minimum Gasteiger partial charge on any atom is -0.396 e. The summed E-state index contributed by atoms with van der Waals surface area (Å²) in [6, 6.07) is 5.96. The van der Waals surface area contributed by atoms with E-state index >= 15 is 0 Å². The summed E-state index contributed by atoms with van der Waals surface area (Å²) in [6.45, 7) is 3.06. The van der Waals surface area contributed by atoms with Gasteiger partial charge in [-0.1, -0.05) is 6.07 Å². The van der Waals surface area contributed by atoms with Gasteiger partial charge in [-0.05, 0) is 49.2 Å². The molecule has 0 amide bonds. The lowest BCUT2D eigenvalue weighted by atomic mass is 10.2. The van der Waals surface area contributed by atoms with Crippen molar-refractivity contribution < 1.29 is 17.2 Å². The zero-order valence-electron chi connectivity index (χ0n) is 11.4. The molecule has 0 aromatic heterocycles. The van der Waals surface area contributed by atoms with Gasteiger partial charge in [0.1, 0.15) is 11.6 Å². The first-order valence-electron chi connectivity index (χ1n) is 6.05. The van der Waals surface area contributed by atoms with Crippen LogP contribution in [0.5, 0.6) is 0 Å². The maximum absolute atomic E-state index is 13.5. The molecule has 0 fully saturated rings. The Bertz CT molecular complexity index is 782. The van der Waals surface area contributed by atoms with Gasteiger partial charge < -0.3 is 5.73 Å². The number of nitrogen functional groups attached to an aromatic ring is 1. The van der Waals surface area contributed by atoms with Gasteiger partial charge in [-0.25, -0.2) is 17.2 Å². The topological polar surface area (TPSA) is 72.2 Å². The Hall–Kier alpha value is -2.15. The molecule has 21 heavy (non-hydrogen) atoms. The fourth-order valence-electron chi connectivity index (χ4n) is 1.83. The number of hydrogen-bond acceptors (Lipinski definition) is 3. The Morgan fingerprint density at radius 3 is 2.33 bits per heavy atom. The molecule has 112 valence electrons. The molecule has 4 nitrogen and oxygen atoms in total. The smallest absolute Gasteiger partial charge is 0.261 e. The second-order valence-electron chi connectivity index (χ2n) is 4.71. The molecule has 0 atom stereocenters. The van der Waals surface area contributed by atoms with Gasteiger partial charge in [-0.2, -0.15) is 0 Å². The summed E-state index contributed by atoms with van der Waals surface area (Å²) in [4.78, 5) is -0.178. The lowest BCUT2D eigenvalue weighted by Gasteiger charge is -2.12. The molecule has 0 saturated carbocycles. The molecule has 7 heteroatoms. The van der Waals surface area contributed by atoms with Crippen molar-refractivity contribution in [3.63, 3.8) is 0 Å². The van der Waals surface area contributed by atoms with Crippen LogP contribution in [0.3, 0.4) is 0 Å². The molecule has 3 N–H and O–H groups in total. The van der Waals surface area contributed by atoms with Crippen LogP contribution < -0.4 is 10.5 Å². The first-order chi connectivity index (χ1) is 9.70. The highest BCUT2D eigenvalue weighted by Crippen LogP contribution is 2.24. The standard InChI is InChI=1S/C14H14F2N2O2S/c1-8-3-4-10(15)6-13(8)18-21(19,20)11-5-9(2)14(16)12(17)7-11/h3-7,18H,17H2,1-2H3. The molecule has 0 bridgehead atoms. The van der Waals surface area contributed by atoms with Crippen molar-refractivity contribution in [2.24, 2.45) is 0 Å². The van der Waals surface area contributed by atoms with Crippen LogP contribution >= 0.6 is 0 Å². The molecule has 0 aliphatic carbocycles. The average Bonchev–Trinajstić information content (AvgIpc) is 2.39. The number of aryl methyl sites for hydroxylation is 2. The summed E-state index contributed by atoms with van der Waals surface area (Å²) in [5.74, 6) is -1.22.